The van der Waals surface area contributed by atoms with Crippen LogP contribution in [0.15, 0.2) is 24.3 Å². The quantitative estimate of drug-likeness (QED) is 0.690. The van der Waals surface area contributed by atoms with E-state index in [1.54, 1.807) is 0 Å². The average Bonchev–Trinajstić information content (AvgIpc) is 2.29. The number of hydrogen-bond acceptors (Lipinski definition) is 1. The maximum absolute atomic E-state index is 6.36. The van der Waals surface area contributed by atoms with Gasteiger partial charge in [0.1, 0.15) is 5.75 Å². The van der Waals surface area contributed by atoms with Gasteiger partial charge in [-0.1, -0.05) is 31.4 Å². The van der Waals surface area contributed by atoms with Crippen molar-refractivity contribution in [2.45, 2.75) is 57.7 Å². The van der Waals surface area contributed by atoms with Crippen molar-refractivity contribution in [1.29, 1.82) is 0 Å². The van der Waals surface area contributed by atoms with Crippen LogP contribution >= 0.6 is 0 Å². The van der Waals surface area contributed by atoms with E-state index in [0.29, 0.717) is 0 Å². The molecule has 1 fully saturated rings. The highest BCUT2D eigenvalue weighted by Crippen LogP contribution is 2.38. The van der Waals surface area contributed by atoms with E-state index in [4.69, 9.17) is 4.43 Å². The van der Waals surface area contributed by atoms with Gasteiger partial charge >= 0.3 is 0 Å². The van der Waals surface area contributed by atoms with E-state index >= 15 is 0 Å². The van der Waals surface area contributed by atoms with E-state index in [0.717, 1.165) is 11.3 Å². The summed E-state index contributed by atoms with van der Waals surface area (Å²) in [7, 11) is -1.57. The maximum Gasteiger partial charge on any atom is 0.248 e. The summed E-state index contributed by atoms with van der Waals surface area (Å²) in [6.07, 6.45) is 6.98. The van der Waals surface area contributed by atoms with Crippen LogP contribution in [0.1, 0.15) is 37.7 Å². The molecule has 0 aromatic heterocycles. The van der Waals surface area contributed by atoms with Gasteiger partial charge in [-0.15, -0.1) is 0 Å². The van der Waals surface area contributed by atoms with Crippen LogP contribution in [0.2, 0.25) is 18.6 Å². The molecule has 0 heterocycles. The van der Waals surface area contributed by atoms with Crippen molar-refractivity contribution in [3.8, 4) is 5.75 Å². The molecule has 0 N–H and O–H groups in total. The molecule has 0 radical (unpaired) electrons. The molecule has 1 aliphatic rings. The topological polar surface area (TPSA) is 9.23 Å². The van der Waals surface area contributed by atoms with Gasteiger partial charge in [0.2, 0.25) is 8.32 Å². The second kappa shape index (κ2) is 5.26. The van der Waals surface area contributed by atoms with Gasteiger partial charge in [0.05, 0.1) is 0 Å². The Morgan fingerprint density at radius 2 is 1.82 bits per heavy atom. The number of benzene rings is 1. The van der Waals surface area contributed by atoms with Crippen LogP contribution in [-0.4, -0.2) is 8.32 Å². The van der Waals surface area contributed by atoms with Gasteiger partial charge in [-0.2, -0.15) is 0 Å². The summed E-state index contributed by atoms with van der Waals surface area (Å²) in [6.45, 7) is 6.89. The minimum absolute atomic E-state index is 0.844. The summed E-state index contributed by atoms with van der Waals surface area (Å²) in [5.41, 5.74) is 2.13. The first-order valence-corrected chi connectivity index (χ1v) is 9.82. The van der Waals surface area contributed by atoms with Crippen LogP contribution < -0.4 is 4.43 Å². The van der Waals surface area contributed by atoms with Crippen LogP contribution in [0, 0.1) is 6.92 Å². The zero-order valence-electron chi connectivity index (χ0n) is 11.3. The molecule has 0 amide bonds. The van der Waals surface area contributed by atoms with Crippen molar-refractivity contribution >= 4 is 8.32 Å². The van der Waals surface area contributed by atoms with Crippen LogP contribution in [0.5, 0.6) is 5.75 Å². The molecule has 1 aromatic rings. The lowest BCUT2D eigenvalue weighted by molar-refractivity contribution is 0.439. The van der Waals surface area contributed by atoms with Crippen LogP contribution in [0.25, 0.3) is 0 Å². The Hall–Kier alpha value is -0.763. The highest BCUT2D eigenvalue weighted by atomic mass is 28.4. The zero-order chi connectivity index (χ0) is 12.3. The van der Waals surface area contributed by atoms with Crippen molar-refractivity contribution in [1.82, 2.24) is 0 Å². The Morgan fingerprint density at radius 3 is 2.47 bits per heavy atom. The van der Waals surface area contributed by atoms with Crippen LogP contribution in [-0.2, 0) is 0 Å². The third-order valence-electron chi connectivity index (χ3n) is 3.96. The standard InChI is InChI=1S/C15H24OSi/c1-13-8-7-9-14(12-13)16-17(2,3)15-10-5-4-6-11-15/h7-9,12,15H,4-6,10-11H2,1-3H3. The average molecular weight is 248 g/mol. The van der Waals surface area contributed by atoms with Gasteiger partial charge in [0.25, 0.3) is 0 Å². The summed E-state index contributed by atoms with van der Waals surface area (Å²) < 4.78 is 6.36. The first-order valence-electron chi connectivity index (χ1n) is 6.83. The molecule has 0 aliphatic heterocycles. The first-order chi connectivity index (χ1) is 8.08. The predicted molar refractivity (Wildman–Crippen MR) is 76.1 cm³/mol. The first kappa shape index (κ1) is 12.7. The predicted octanol–water partition coefficient (Wildman–Crippen LogP) is 4.91. The lowest BCUT2D eigenvalue weighted by Crippen LogP contribution is -2.40. The van der Waals surface area contributed by atoms with E-state index in [-0.39, 0.29) is 0 Å². The third-order valence-corrected chi connectivity index (χ3v) is 7.26. The molecule has 1 saturated carbocycles. The second-order valence-corrected chi connectivity index (χ2v) is 10.1. The number of aryl methyl sites for hydroxylation is 1. The number of rotatable bonds is 3. The third kappa shape index (κ3) is 3.35. The van der Waals surface area contributed by atoms with Crippen molar-refractivity contribution < 1.29 is 4.43 Å². The summed E-state index contributed by atoms with van der Waals surface area (Å²) in [4.78, 5) is 0. The van der Waals surface area contributed by atoms with E-state index in [1.165, 1.54) is 37.7 Å². The smallest absolute Gasteiger partial charge is 0.248 e. The lowest BCUT2D eigenvalue weighted by Gasteiger charge is -2.35. The van der Waals surface area contributed by atoms with E-state index in [1.807, 2.05) is 0 Å². The summed E-state index contributed by atoms with van der Waals surface area (Å²) in [5, 5.41) is 0. The Kier molecular flexibility index (Phi) is 3.92. The minimum atomic E-state index is -1.57. The van der Waals surface area contributed by atoms with E-state index in [9.17, 15) is 0 Å². The Bertz CT molecular complexity index is 367. The Labute approximate surface area is 106 Å². The molecule has 1 aliphatic carbocycles. The van der Waals surface area contributed by atoms with Crippen molar-refractivity contribution in [3.05, 3.63) is 29.8 Å². The van der Waals surface area contributed by atoms with Gasteiger partial charge in [0, 0.05) is 0 Å². The maximum atomic E-state index is 6.36. The van der Waals surface area contributed by atoms with Gasteiger partial charge in [-0.25, -0.2) is 0 Å². The molecule has 0 unspecified atom stereocenters. The summed E-state index contributed by atoms with van der Waals surface area (Å²) in [6, 6.07) is 8.49. The van der Waals surface area contributed by atoms with Crippen LogP contribution in [0.4, 0.5) is 0 Å². The number of hydrogen-bond donors (Lipinski definition) is 0. The minimum Gasteiger partial charge on any atom is -0.544 e. The monoisotopic (exact) mass is 248 g/mol. The highest BCUT2D eigenvalue weighted by Gasteiger charge is 2.36. The molecule has 0 atom stereocenters. The lowest BCUT2D eigenvalue weighted by atomic mass is 10.0. The fourth-order valence-corrected chi connectivity index (χ4v) is 5.56. The van der Waals surface area contributed by atoms with Gasteiger partial charge in [-0.3, -0.25) is 0 Å². The van der Waals surface area contributed by atoms with E-state index in [2.05, 4.69) is 44.3 Å². The fraction of sp³-hybridized carbons (Fsp3) is 0.600. The molecule has 0 saturated heterocycles. The molecular weight excluding hydrogens is 224 g/mol. The van der Waals surface area contributed by atoms with Crippen molar-refractivity contribution in [3.63, 3.8) is 0 Å². The molecule has 2 rings (SSSR count). The second-order valence-electron chi connectivity index (χ2n) is 5.86. The molecular formula is C15H24OSi. The summed E-state index contributed by atoms with van der Waals surface area (Å²) in [5.74, 6) is 1.08. The fourth-order valence-electron chi connectivity index (χ4n) is 2.86. The Morgan fingerprint density at radius 1 is 1.12 bits per heavy atom. The van der Waals surface area contributed by atoms with Crippen molar-refractivity contribution in [2.75, 3.05) is 0 Å². The van der Waals surface area contributed by atoms with Crippen molar-refractivity contribution in [2.24, 2.45) is 0 Å². The molecule has 2 heteroatoms. The molecule has 94 valence electrons. The highest BCUT2D eigenvalue weighted by molar-refractivity contribution is 6.73. The van der Waals surface area contributed by atoms with E-state index < -0.39 is 8.32 Å². The largest absolute Gasteiger partial charge is 0.544 e. The van der Waals surface area contributed by atoms with Gasteiger partial charge in [0.15, 0.2) is 0 Å². The molecule has 1 nitrogen and oxygen atoms in total. The molecule has 1 aromatic carbocycles. The van der Waals surface area contributed by atoms with Crippen LogP contribution in [0.3, 0.4) is 0 Å². The van der Waals surface area contributed by atoms with Gasteiger partial charge < -0.3 is 4.43 Å². The molecule has 0 spiro atoms. The Balaban J connectivity index is 2.05. The normalized spacial score (nSPS) is 18.1. The van der Waals surface area contributed by atoms with Gasteiger partial charge in [-0.05, 0) is 56.1 Å². The SMILES string of the molecule is Cc1cccc(O[Si](C)(C)C2CCCCC2)c1. The molecule has 17 heavy (non-hydrogen) atoms. The molecule has 0 bridgehead atoms. The zero-order valence-corrected chi connectivity index (χ0v) is 12.3. The summed E-state index contributed by atoms with van der Waals surface area (Å²) >= 11 is 0.